The van der Waals surface area contributed by atoms with Crippen LogP contribution in [-0.4, -0.2) is 91.0 Å². The number of rotatable bonds is 13. The Hall–Kier alpha value is -3.30. The standard InChI is InChI=1S/C35H54N6O7S2/c1-11-13-21(27(42)30(44)36-15-12-2)37-29(43)26-25-20(35(25,9)10)17-41(26)31(45)28(34(6,7)8)39-32(46)38-24(33(3,4)5)19-40-18-22-23(14-16-49-22)50(40,47)48/h12,14,16,20-21,24-26,28H,2,11,13,15,17-19H2,1,3-10H3,(H,36,44)(H,37,43)(H2,38,39,46)/t20-,21?,24+,25-,26?,28+/m0/s1. The minimum Gasteiger partial charge on any atom is -0.346 e. The molecule has 0 bridgehead atoms. The lowest BCUT2D eigenvalue weighted by Crippen LogP contribution is -2.62. The molecule has 1 aliphatic carbocycles. The molecule has 50 heavy (non-hydrogen) atoms. The van der Waals surface area contributed by atoms with Crippen molar-refractivity contribution in [3.63, 3.8) is 0 Å². The van der Waals surface area contributed by atoms with Crippen LogP contribution in [0.15, 0.2) is 29.0 Å². The predicted molar refractivity (Wildman–Crippen MR) is 191 cm³/mol. The van der Waals surface area contributed by atoms with Gasteiger partial charge in [0.25, 0.3) is 5.91 Å². The van der Waals surface area contributed by atoms with E-state index in [0.29, 0.717) is 17.9 Å². The van der Waals surface area contributed by atoms with E-state index >= 15 is 0 Å². The number of amides is 5. The molecule has 0 radical (unpaired) electrons. The third-order valence-corrected chi connectivity index (χ3v) is 13.3. The van der Waals surface area contributed by atoms with Gasteiger partial charge in [-0.3, -0.25) is 19.2 Å². The summed E-state index contributed by atoms with van der Waals surface area (Å²) in [4.78, 5) is 70.1. The van der Waals surface area contributed by atoms with E-state index in [1.54, 1.807) is 11.4 Å². The van der Waals surface area contributed by atoms with E-state index in [2.05, 4.69) is 27.8 Å². The minimum atomic E-state index is -3.69. The molecule has 2 fully saturated rings. The van der Waals surface area contributed by atoms with Crippen LogP contribution in [0, 0.1) is 28.1 Å². The highest BCUT2D eigenvalue weighted by Crippen LogP contribution is 2.65. The van der Waals surface area contributed by atoms with Gasteiger partial charge in [-0.2, -0.15) is 4.31 Å². The van der Waals surface area contributed by atoms with Gasteiger partial charge < -0.3 is 26.2 Å². The van der Waals surface area contributed by atoms with Crippen LogP contribution in [0.2, 0.25) is 0 Å². The molecular formula is C35H54N6O7S2. The molecule has 1 aromatic heterocycles. The zero-order valence-corrected chi connectivity index (χ0v) is 32.3. The van der Waals surface area contributed by atoms with Crippen molar-refractivity contribution in [2.75, 3.05) is 19.6 Å². The van der Waals surface area contributed by atoms with Crippen molar-refractivity contribution >= 4 is 50.9 Å². The summed E-state index contributed by atoms with van der Waals surface area (Å²) in [6.07, 6.45) is 2.24. The van der Waals surface area contributed by atoms with Crippen molar-refractivity contribution in [1.29, 1.82) is 0 Å². The SMILES string of the molecule is C=CCNC(=O)C(=O)C(CCC)NC(=O)C1[C@@H]2[C@H](CN1C(=O)[C@@H](NC(=O)N[C@H](CN1Cc3sccc3S1(=O)=O)C(C)(C)C)C(C)(C)C)C2(C)C. The molecule has 3 aliphatic rings. The number of hydrogen-bond acceptors (Lipinski definition) is 8. The number of ketones is 1. The first kappa shape index (κ1) is 39.5. The Bertz CT molecular complexity index is 1620. The van der Waals surface area contributed by atoms with E-state index in [4.69, 9.17) is 0 Å². The molecule has 13 nitrogen and oxygen atoms in total. The Morgan fingerprint density at radius 3 is 2.28 bits per heavy atom. The zero-order valence-electron chi connectivity index (χ0n) is 30.7. The van der Waals surface area contributed by atoms with Crippen LogP contribution in [-0.2, 0) is 35.7 Å². The van der Waals surface area contributed by atoms with Gasteiger partial charge in [0.2, 0.25) is 27.6 Å². The largest absolute Gasteiger partial charge is 0.346 e. The van der Waals surface area contributed by atoms with Crippen LogP contribution < -0.4 is 21.3 Å². The van der Waals surface area contributed by atoms with Gasteiger partial charge in [-0.1, -0.05) is 74.8 Å². The number of nitrogens with one attached hydrogen (secondary N) is 4. The van der Waals surface area contributed by atoms with E-state index in [-0.39, 0.29) is 43.3 Å². The first-order valence-electron chi connectivity index (χ1n) is 17.2. The van der Waals surface area contributed by atoms with Crippen molar-refractivity contribution in [3.8, 4) is 0 Å². The van der Waals surface area contributed by atoms with Gasteiger partial charge in [-0.25, -0.2) is 13.2 Å². The maximum atomic E-state index is 14.4. The molecule has 3 heterocycles. The van der Waals surface area contributed by atoms with Crippen LogP contribution in [0.25, 0.3) is 0 Å². The van der Waals surface area contributed by atoms with E-state index < -0.39 is 74.6 Å². The number of Topliss-reactive ketones (excluding diaryl/α,β-unsaturated/α-hetero) is 1. The predicted octanol–water partition coefficient (Wildman–Crippen LogP) is 3.02. The molecule has 4 rings (SSSR count). The summed E-state index contributed by atoms with van der Waals surface area (Å²) in [6, 6.07) is -2.63. The van der Waals surface area contributed by atoms with Crippen LogP contribution in [0.3, 0.4) is 0 Å². The van der Waals surface area contributed by atoms with Crippen molar-refractivity contribution in [2.24, 2.45) is 28.1 Å². The highest BCUT2D eigenvalue weighted by Gasteiger charge is 2.70. The van der Waals surface area contributed by atoms with Crippen molar-refractivity contribution in [2.45, 2.75) is 111 Å². The molecule has 5 amide bonds. The highest BCUT2D eigenvalue weighted by molar-refractivity contribution is 7.89. The lowest BCUT2D eigenvalue weighted by molar-refractivity contribution is -0.145. The van der Waals surface area contributed by atoms with Gasteiger partial charge in [0.15, 0.2) is 0 Å². The molecule has 2 aliphatic heterocycles. The normalized spacial score (nSPS) is 23.9. The Labute approximate surface area is 300 Å². The molecule has 278 valence electrons. The number of urea groups is 1. The van der Waals surface area contributed by atoms with E-state index in [0.717, 1.165) is 4.88 Å². The number of carbonyl (C=O) groups is 5. The lowest BCUT2D eigenvalue weighted by Gasteiger charge is -2.39. The summed E-state index contributed by atoms with van der Waals surface area (Å²) in [5.41, 5.74) is -1.53. The fourth-order valence-corrected chi connectivity index (χ4v) is 10.1. The monoisotopic (exact) mass is 734 g/mol. The number of nitrogens with zero attached hydrogens (tertiary/aromatic N) is 2. The molecule has 6 atom stereocenters. The summed E-state index contributed by atoms with van der Waals surface area (Å²) >= 11 is 1.38. The second-order valence-electron chi connectivity index (χ2n) is 16.4. The second kappa shape index (κ2) is 14.4. The Morgan fingerprint density at radius 2 is 1.72 bits per heavy atom. The smallest absolute Gasteiger partial charge is 0.315 e. The summed E-state index contributed by atoms with van der Waals surface area (Å²) in [5, 5.41) is 12.8. The fraction of sp³-hybridized carbons (Fsp3) is 0.686. The van der Waals surface area contributed by atoms with Gasteiger partial charge in [0.05, 0.1) is 10.9 Å². The summed E-state index contributed by atoms with van der Waals surface area (Å²) in [6.45, 7) is 21.3. The number of carbonyl (C=O) groups excluding carboxylic acids is 5. The number of fused-ring (bicyclic) bond motifs is 2. The molecule has 4 N–H and O–H groups in total. The molecule has 1 aromatic rings. The van der Waals surface area contributed by atoms with Crippen LogP contribution >= 0.6 is 11.3 Å². The van der Waals surface area contributed by atoms with Gasteiger partial charge in [0.1, 0.15) is 12.1 Å². The molecule has 1 saturated heterocycles. The molecule has 0 aromatic carbocycles. The zero-order chi connectivity index (χ0) is 37.6. The van der Waals surface area contributed by atoms with Crippen LogP contribution in [0.1, 0.15) is 80.0 Å². The van der Waals surface area contributed by atoms with Crippen molar-refractivity contribution < 1.29 is 32.4 Å². The van der Waals surface area contributed by atoms with E-state index in [1.807, 2.05) is 62.3 Å². The summed E-state index contributed by atoms with van der Waals surface area (Å²) < 4.78 is 27.8. The second-order valence-corrected chi connectivity index (χ2v) is 19.3. The number of thiophene rings is 1. The maximum absolute atomic E-state index is 14.4. The molecule has 1 saturated carbocycles. The van der Waals surface area contributed by atoms with E-state index in [1.165, 1.54) is 26.6 Å². The quantitative estimate of drug-likeness (QED) is 0.178. The summed E-state index contributed by atoms with van der Waals surface area (Å²) in [5.74, 6) is -2.64. The van der Waals surface area contributed by atoms with Gasteiger partial charge in [-0.05, 0) is 45.9 Å². The third-order valence-electron chi connectivity index (χ3n) is 10.4. The van der Waals surface area contributed by atoms with Gasteiger partial charge in [0, 0.05) is 37.1 Å². The third kappa shape index (κ3) is 7.94. The number of sulfonamides is 1. The first-order valence-corrected chi connectivity index (χ1v) is 19.6. The topological polar surface area (TPSA) is 174 Å². The van der Waals surface area contributed by atoms with Crippen molar-refractivity contribution in [3.05, 3.63) is 29.0 Å². The van der Waals surface area contributed by atoms with Crippen LogP contribution in [0.5, 0.6) is 0 Å². The summed E-state index contributed by atoms with van der Waals surface area (Å²) in [7, 11) is -3.69. The Kier molecular flexibility index (Phi) is 11.4. The minimum absolute atomic E-state index is 0.0452. The highest BCUT2D eigenvalue weighted by atomic mass is 32.2. The van der Waals surface area contributed by atoms with Crippen LogP contribution in [0.4, 0.5) is 4.79 Å². The number of likely N-dealkylation sites (tertiary alicyclic amines) is 1. The lowest BCUT2D eigenvalue weighted by atomic mass is 9.85. The van der Waals surface area contributed by atoms with Gasteiger partial charge in [-0.15, -0.1) is 17.9 Å². The number of piperidine rings is 1. The van der Waals surface area contributed by atoms with E-state index in [9.17, 15) is 32.4 Å². The molecule has 15 heteroatoms. The van der Waals surface area contributed by atoms with Gasteiger partial charge >= 0.3 is 6.03 Å². The van der Waals surface area contributed by atoms with Crippen molar-refractivity contribution in [1.82, 2.24) is 30.5 Å². The average molecular weight is 735 g/mol. The fourth-order valence-electron chi connectivity index (χ4n) is 7.14. The molecule has 0 spiro atoms. The maximum Gasteiger partial charge on any atom is 0.315 e. The first-order chi connectivity index (χ1) is 23.1. The molecule has 2 unspecified atom stereocenters. The Balaban J connectivity index is 1.52. The number of hydrogen-bond donors (Lipinski definition) is 4. The molecular weight excluding hydrogens is 681 g/mol. The Morgan fingerprint density at radius 1 is 1.06 bits per heavy atom. The average Bonchev–Trinajstić information content (AvgIpc) is 3.46.